The second-order valence-electron chi connectivity index (χ2n) is 6.77. The Kier molecular flexibility index (Phi) is 6.99. The molecule has 0 unspecified atom stereocenters. The van der Waals surface area contributed by atoms with Gasteiger partial charge in [-0.1, -0.05) is 48.5 Å². The third-order valence-electron chi connectivity index (χ3n) is 4.40. The number of nitrogens with one attached hydrogen (secondary N) is 1. The first kappa shape index (κ1) is 23.4. The van der Waals surface area contributed by atoms with Crippen LogP contribution in [0.4, 0.5) is 11.4 Å². The Morgan fingerprint density at radius 2 is 1.55 bits per heavy atom. The summed E-state index contributed by atoms with van der Waals surface area (Å²) >= 11 is 0. The summed E-state index contributed by atoms with van der Waals surface area (Å²) in [6.45, 7) is 1.22. The molecule has 0 saturated heterocycles. The molecule has 33 heavy (non-hydrogen) atoms. The van der Waals surface area contributed by atoms with E-state index in [0.717, 1.165) is 0 Å². The minimum atomic E-state index is -4.15. The standard InChI is InChI=1S/C23H19N3O6S/c1-15(27)21(22(28)16-8-3-2-4-9-16)25-24-17-10-7-11-18(14-17)33(31,32)26-20-13-6-5-12-19(20)23(29)30/h2-14,26,28H,1H3,(H,29,30). The molecule has 0 aliphatic heterocycles. The summed E-state index contributed by atoms with van der Waals surface area (Å²) in [5.41, 5.74) is -0.109. The van der Waals surface area contributed by atoms with E-state index in [1.807, 2.05) is 0 Å². The van der Waals surface area contributed by atoms with Crippen molar-refractivity contribution in [3.63, 3.8) is 0 Å². The summed E-state index contributed by atoms with van der Waals surface area (Å²) in [4.78, 5) is 23.1. The Bertz CT molecular complexity index is 1370. The van der Waals surface area contributed by atoms with Crippen molar-refractivity contribution in [1.29, 1.82) is 0 Å². The zero-order valence-corrected chi connectivity index (χ0v) is 18.2. The number of aliphatic hydroxyl groups excluding tert-OH is 1. The van der Waals surface area contributed by atoms with Crippen molar-refractivity contribution in [2.75, 3.05) is 4.72 Å². The van der Waals surface area contributed by atoms with E-state index >= 15 is 0 Å². The van der Waals surface area contributed by atoms with Crippen LogP contribution >= 0.6 is 0 Å². The molecule has 0 fully saturated rings. The number of carbonyl (C=O) groups excluding carboxylic acids is 1. The summed E-state index contributed by atoms with van der Waals surface area (Å²) < 4.78 is 27.8. The van der Waals surface area contributed by atoms with Crippen LogP contribution in [-0.4, -0.2) is 30.4 Å². The molecule has 3 aromatic carbocycles. The van der Waals surface area contributed by atoms with Crippen LogP contribution in [0.3, 0.4) is 0 Å². The van der Waals surface area contributed by atoms with Crippen molar-refractivity contribution in [1.82, 2.24) is 0 Å². The van der Waals surface area contributed by atoms with Gasteiger partial charge in [-0.25, -0.2) is 13.2 Å². The van der Waals surface area contributed by atoms with Gasteiger partial charge in [-0.05, 0) is 30.3 Å². The van der Waals surface area contributed by atoms with E-state index in [2.05, 4.69) is 15.0 Å². The van der Waals surface area contributed by atoms with E-state index in [9.17, 15) is 28.2 Å². The molecule has 0 radical (unpaired) electrons. The van der Waals surface area contributed by atoms with Crippen LogP contribution in [0.2, 0.25) is 0 Å². The maximum Gasteiger partial charge on any atom is 0.337 e. The highest BCUT2D eigenvalue weighted by Gasteiger charge is 2.19. The number of benzene rings is 3. The predicted molar refractivity (Wildman–Crippen MR) is 122 cm³/mol. The van der Waals surface area contributed by atoms with Gasteiger partial charge in [0.15, 0.2) is 17.2 Å². The lowest BCUT2D eigenvalue weighted by Crippen LogP contribution is -2.15. The second kappa shape index (κ2) is 9.88. The number of carboxylic acid groups (broad SMARTS) is 1. The Labute approximate surface area is 189 Å². The van der Waals surface area contributed by atoms with Gasteiger partial charge in [0.05, 0.1) is 21.8 Å². The molecule has 0 heterocycles. The predicted octanol–water partition coefficient (Wildman–Crippen LogP) is 4.79. The first-order chi connectivity index (χ1) is 15.7. The van der Waals surface area contributed by atoms with Gasteiger partial charge in [-0.15, -0.1) is 5.11 Å². The van der Waals surface area contributed by atoms with E-state index in [4.69, 9.17) is 0 Å². The van der Waals surface area contributed by atoms with Crippen LogP contribution in [0.5, 0.6) is 0 Å². The van der Waals surface area contributed by atoms with Crippen molar-refractivity contribution in [2.24, 2.45) is 10.2 Å². The van der Waals surface area contributed by atoms with Crippen molar-refractivity contribution in [2.45, 2.75) is 11.8 Å². The number of nitrogens with zero attached hydrogens (tertiary/aromatic N) is 2. The fraction of sp³-hybridized carbons (Fsp3) is 0.0435. The van der Waals surface area contributed by atoms with E-state index < -0.39 is 21.8 Å². The lowest BCUT2D eigenvalue weighted by molar-refractivity contribution is -0.113. The molecule has 0 atom stereocenters. The quantitative estimate of drug-likeness (QED) is 0.248. The highest BCUT2D eigenvalue weighted by molar-refractivity contribution is 7.92. The number of Topliss-reactive ketones (excluding diaryl/α,β-unsaturated/α-hetero) is 1. The van der Waals surface area contributed by atoms with Crippen LogP contribution in [-0.2, 0) is 14.8 Å². The molecule has 0 aliphatic carbocycles. The number of aliphatic hydroxyl groups is 1. The molecule has 168 valence electrons. The number of allylic oxidation sites excluding steroid dienone is 1. The number of aromatic carboxylic acids is 1. The molecule has 0 aliphatic rings. The maximum absolute atomic E-state index is 12.8. The Morgan fingerprint density at radius 1 is 0.879 bits per heavy atom. The van der Waals surface area contributed by atoms with Crippen LogP contribution in [0.15, 0.2) is 99.7 Å². The number of para-hydroxylation sites is 1. The van der Waals surface area contributed by atoms with Crippen LogP contribution in [0.1, 0.15) is 22.8 Å². The third-order valence-corrected chi connectivity index (χ3v) is 5.76. The van der Waals surface area contributed by atoms with Gasteiger partial charge in [0.2, 0.25) is 0 Å². The normalized spacial score (nSPS) is 12.3. The highest BCUT2D eigenvalue weighted by Crippen LogP contribution is 2.25. The van der Waals surface area contributed by atoms with Crippen molar-refractivity contribution in [3.05, 3.63) is 95.7 Å². The van der Waals surface area contributed by atoms with Gasteiger partial charge in [0.25, 0.3) is 10.0 Å². The lowest BCUT2D eigenvalue weighted by atomic mass is 10.1. The summed E-state index contributed by atoms with van der Waals surface area (Å²) in [5, 5.41) is 27.4. The molecule has 3 aromatic rings. The topological polar surface area (TPSA) is 145 Å². The van der Waals surface area contributed by atoms with Gasteiger partial charge in [0.1, 0.15) is 0 Å². The maximum atomic E-state index is 12.8. The molecule has 0 aromatic heterocycles. The molecule has 9 nitrogen and oxygen atoms in total. The number of carbonyl (C=O) groups is 2. The lowest BCUT2D eigenvalue weighted by Gasteiger charge is -2.10. The molecule has 0 bridgehead atoms. The Balaban J connectivity index is 1.93. The molecular formula is C23H19N3O6S. The van der Waals surface area contributed by atoms with Gasteiger partial charge in [0, 0.05) is 12.5 Å². The molecule has 10 heteroatoms. The van der Waals surface area contributed by atoms with E-state index in [-0.39, 0.29) is 33.3 Å². The van der Waals surface area contributed by atoms with Crippen molar-refractivity contribution in [3.8, 4) is 0 Å². The average Bonchev–Trinajstić information content (AvgIpc) is 2.79. The molecule has 3 N–H and O–H groups in total. The van der Waals surface area contributed by atoms with Crippen LogP contribution in [0, 0.1) is 0 Å². The number of rotatable bonds is 8. The summed E-state index contributed by atoms with van der Waals surface area (Å²) in [6.07, 6.45) is 0. The van der Waals surface area contributed by atoms with Crippen LogP contribution in [0.25, 0.3) is 5.76 Å². The first-order valence-electron chi connectivity index (χ1n) is 9.55. The Hall–Kier alpha value is -4.31. The van der Waals surface area contributed by atoms with Gasteiger partial charge >= 0.3 is 5.97 Å². The first-order valence-corrected chi connectivity index (χ1v) is 11.0. The number of hydrogen-bond acceptors (Lipinski definition) is 7. The highest BCUT2D eigenvalue weighted by atomic mass is 32.2. The number of sulfonamides is 1. The fourth-order valence-corrected chi connectivity index (χ4v) is 3.92. The average molecular weight is 465 g/mol. The minimum absolute atomic E-state index is 0.0911. The molecule has 3 rings (SSSR count). The third kappa shape index (κ3) is 5.69. The molecule has 0 saturated carbocycles. The van der Waals surface area contributed by atoms with Crippen LogP contribution < -0.4 is 4.72 Å². The summed E-state index contributed by atoms with van der Waals surface area (Å²) in [6, 6.07) is 19.3. The van der Waals surface area contributed by atoms with Gasteiger partial charge in [-0.2, -0.15) is 5.11 Å². The smallest absolute Gasteiger partial charge is 0.337 e. The monoisotopic (exact) mass is 465 g/mol. The minimum Gasteiger partial charge on any atom is -0.505 e. The van der Waals surface area contributed by atoms with Gasteiger partial charge < -0.3 is 10.2 Å². The Morgan fingerprint density at radius 3 is 2.21 bits per heavy atom. The van der Waals surface area contributed by atoms with E-state index in [1.54, 1.807) is 30.3 Å². The zero-order chi connectivity index (χ0) is 24.0. The number of azo groups is 1. The molecule has 0 spiro atoms. The second-order valence-corrected chi connectivity index (χ2v) is 8.46. The van der Waals surface area contributed by atoms with Crippen molar-refractivity contribution < 1.29 is 28.2 Å². The fourth-order valence-electron chi connectivity index (χ4n) is 2.80. The van der Waals surface area contributed by atoms with E-state index in [0.29, 0.717) is 5.56 Å². The number of hydrogen-bond donors (Lipinski definition) is 3. The summed E-state index contributed by atoms with van der Waals surface area (Å²) in [7, 11) is -4.15. The largest absolute Gasteiger partial charge is 0.505 e. The van der Waals surface area contributed by atoms with Crippen molar-refractivity contribution >= 4 is 38.9 Å². The summed E-state index contributed by atoms with van der Waals surface area (Å²) in [5.74, 6) is -2.17. The number of ketones is 1. The number of anilines is 1. The van der Waals surface area contributed by atoms with Gasteiger partial charge in [-0.3, -0.25) is 9.52 Å². The number of carboxylic acids is 1. The molecular weight excluding hydrogens is 446 g/mol. The van der Waals surface area contributed by atoms with E-state index in [1.165, 1.54) is 55.5 Å². The SMILES string of the molecule is CC(=O)C(N=Nc1cccc(S(=O)(=O)Nc2ccccc2C(=O)O)c1)=C(O)c1ccccc1. The molecule has 0 amide bonds. The zero-order valence-electron chi connectivity index (χ0n) is 17.3.